The molecule has 16 heavy (non-hydrogen) atoms. The van der Waals surface area contributed by atoms with Crippen molar-refractivity contribution in [1.29, 1.82) is 0 Å². The molecule has 3 N–H and O–H groups in total. The van der Waals surface area contributed by atoms with Crippen LogP contribution in [-0.2, 0) is 10.0 Å². The minimum Gasteiger partial charge on any atom is -0.324 e. The fourth-order valence-electron chi connectivity index (χ4n) is 1.10. The molecule has 0 aliphatic carbocycles. The first-order valence-corrected chi connectivity index (χ1v) is 6.59. The first-order valence-electron chi connectivity index (χ1n) is 4.32. The maximum atomic E-state index is 11.0. The Morgan fingerprint density at radius 2 is 2.00 bits per heavy atom. The van der Waals surface area contributed by atoms with Crippen molar-refractivity contribution in [1.82, 2.24) is 0 Å². The van der Waals surface area contributed by atoms with E-state index in [2.05, 4.69) is 4.72 Å². The second-order valence-electron chi connectivity index (χ2n) is 3.40. The molecule has 0 radical (unpaired) electrons. The Bertz CT molecular complexity index is 461. The van der Waals surface area contributed by atoms with E-state index in [0.29, 0.717) is 10.7 Å². The second-order valence-corrected chi connectivity index (χ2v) is 5.56. The molecule has 0 saturated carbocycles. The summed E-state index contributed by atoms with van der Waals surface area (Å²) in [4.78, 5) is 0. The molecule has 0 fully saturated rings. The second kappa shape index (κ2) is 5.72. The number of halogens is 2. The predicted molar refractivity (Wildman–Crippen MR) is 69.8 cm³/mol. The van der Waals surface area contributed by atoms with Gasteiger partial charge in [0.25, 0.3) is 0 Å². The third-order valence-corrected chi connectivity index (χ3v) is 2.72. The molecule has 1 aromatic rings. The fourth-order valence-corrected chi connectivity index (χ4v) is 1.97. The fraction of sp³-hybridized carbons (Fsp3) is 0.333. The van der Waals surface area contributed by atoms with Gasteiger partial charge in [0, 0.05) is 6.04 Å². The van der Waals surface area contributed by atoms with E-state index in [1.165, 1.54) is 0 Å². The molecule has 7 heteroatoms. The number of benzene rings is 1. The average molecular weight is 285 g/mol. The normalized spacial score (nSPS) is 12.8. The van der Waals surface area contributed by atoms with Crippen LogP contribution in [0, 0.1) is 0 Å². The Morgan fingerprint density at radius 1 is 1.44 bits per heavy atom. The van der Waals surface area contributed by atoms with E-state index in [9.17, 15) is 8.42 Å². The van der Waals surface area contributed by atoms with Gasteiger partial charge in [-0.05, 0) is 24.6 Å². The van der Waals surface area contributed by atoms with Crippen LogP contribution in [0.4, 0.5) is 5.69 Å². The van der Waals surface area contributed by atoms with Gasteiger partial charge in [-0.25, -0.2) is 8.42 Å². The molecule has 0 amide bonds. The molecular weight excluding hydrogens is 271 g/mol. The predicted octanol–water partition coefficient (Wildman–Crippen LogP) is 2.15. The largest absolute Gasteiger partial charge is 0.324 e. The quantitative estimate of drug-likeness (QED) is 0.893. The number of hydrogen-bond acceptors (Lipinski definition) is 3. The lowest BCUT2D eigenvalue weighted by molar-refractivity contribution is 0.607. The number of nitrogens with one attached hydrogen (secondary N) is 1. The SMILES string of the molecule is C[C@@H](N)c1ccc(NS(C)(=O)=O)c(Cl)c1.Cl. The Kier molecular flexibility index (Phi) is 5.55. The summed E-state index contributed by atoms with van der Waals surface area (Å²) in [6, 6.07) is 4.86. The van der Waals surface area contributed by atoms with Crippen LogP contribution >= 0.6 is 24.0 Å². The summed E-state index contributed by atoms with van der Waals surface area (Å²) in [6.45, 7) is 1.83. The summed E-state index contributed by atoms with van der Waals surface area (Å²) in [7, 11) is -3.30. The van der Waals surface area contributed by atoms with E-state index in [0.717, 1.165) is 11.8 Å². The molecular formula is C9H14Cl2N2O2S. The Morgan fingerprint density at radius 3 is 2.38 bits per heavy atom. The zero-order chi connectivity index (χ0) is 11.6. The van der Waals surface area contributed by atoms with Gasteiger partial charge in [-0.1, -0.05) is 17.7 Å². The monoisotopic (exact) mass is 284 g/mol. The van der Waals surface area contributed by atoms with E-state index in [1.54, 1.807) is 18.2 Å². The third kappa shape index (κ3) is 4.57. The lowest BCUT2D eigenvalue weighted by atomic mass is 10.1. The zero-order valence-electron chi connectivity index (χ0n) is 8.90. The number of anilines is 1. The van der Waals surface area contributed by atoms with Crippen LogP contribution in [0.1, 0.15) is 18.5 Å². The zero-order valence-corrected chi connectivity index (χ0v) is 11.3. The summed E-state index contributed by atoms with van der Waals surface area (Å²) < 4.78 is 24.3. The highest BCUT2D eigenvalue weighted by Gasteiger charge is 2.08. The summed E-state index contributed by atoms with van der Waals surface area (Å²) in [5.74, 6) is 0. The van der Waals surface area contributed by atoms with Gasteiger partial charge in [-0.2, -0.15) is 0 Å². The minimum absolute atomic E-state index is 0. The number of nitrogens with two attached hydrogens (primary N) is 1. The molecule has 1 rings (SSSR count). The highest BCUT2D eigenvalue weighted by molar-refractivity contribution is 7.92. The molecule has 1 atom stereocenters. The minimum atomic E-state index is -3.30. The first kappa shape index (κ1) is 15.5. The average Bonchev–Trinajstić information content (AvgIpc) is 2.05. The van der Waals surface area contributed by atoms with Crippen molar-refractivity contribution in [2.75, 3.05) is 11.0 Å². The summed E-state index contributed by atoms with van der Waals surface area (Å²) >= 11 is 5.90. The van der Waals surface area contributed by atoms with Crippen LogP contribution in [0.3, 0.4) is 0 Å². The Balaban J connectivity index is 0.00000225. The van der Waals surface area contributed by atoms with Gasteiger partial charge in [0.05, 0.1) is 17.0 Å². The van der Waals surface area contributed by atoms with Crippen molar-refractivity contribution in [2.24, 2.45) is 5.73 Å². The van der Waals surface area contributed by atoms with Gasteiger partial charge in [0.2, 0.25) is 10.0 Å². The molecule has 0 unspecified atom stereocenters. The number of sulfonamides is 1. The molecule has 0 saturated heterocycles. The van der Waals surface area contributed by atoms with Crippen LogP contribution in [0.5, 0.6) is 0 Å². The van der Waals surface area contributed by atoms with E-state index in [-0.39, 0.29) is 18.4 Å². The van der Waals surface area contributed by atoms with Crippen molar-refractivity contribution in [3.63, 3.8) is 0 Å². The van der Waals surface area contributed by atoms with E-state index in [1.807, 2.05) is 6.92 Å². The standard InChI is InChI=1S/C9H13ClN2O2S.ClH/c1-6(11)7-3-4-9(8(10)5-7)12-15(2,13)14;/h3-6,12H,11H2,1-2H3;1H/t6-;/m1./s1. The van der Waals surface area contributed by atoms with Crippen molar-refractivity contribution >= 4 is 39.7 Å². The molecule has 4 nitrogen and oxygen atoms in total. The van der Waals surface area contributed by atoms with Crippen LogP contribution in [0.15, 0.2) is 18.2 Å². The van der Waals surface area contributed by atoms with Crippen molar-refractivity contribution in [3.8, 4) is 0 Å². The van der Waals surface area contributed by atoms with Gasteiger partial charge in [0.15, 0.2) is 0 Å². The molecule has 0 spiro atoms. The van der Waals surface area contributed by atoms with Crippen molar-refractivity contribution < 1.29 is 8.42 Å². The van der Waals surface area contributed by atoms with Gasteiger partial charge in [-0.15, -0.1) is 12.4 Å². The van der Waals surface area contributed by atoms with Gasteiger partial charge in [-0.3, -0.25) is 4.72 Å². The number of rotatable bonds is 3. The first-order chi connectivity index (χ1) is 6.79. The van der Waals surface area contributed by atoms with Crippen LogP contribution in [0.25, 0.3) is 0 Å². The highest BCUT2D eigenvalue weighted by atomic mass is 35.5. The molecule has 0 bridgehead atoms. The van der Waals surface area contributed by atoms with Gasteiger partial charge in [0.1, 0.15) is 0 Å². The Labute approximate surface area is 107 Å². The molecule has 1 aromatic carbocycles. The van der Waals surface area contributed by atoms with Gasteiger partial charge >= 0.3 is 0 Å². The van der Waals surface area contributed by atoms with E-state index >= 15 is 0 Å². The third-order valence-electron chi connectivity index (χ3n) is 1.81. The van der Waals surface area contributed by atoms with Crippen LogP contribution < -0.4 is 10.5 Å². The van der Waals surface area contributed by atoms with E-state index < -0.39 is 10.0 Å². The Hall–Kier alpha value is -0.490. The van der Waals surface area contributed by atoms with Gasteiger partial charge < -0.3 is 5.73 Å². The molecule has 0 aliphatic rings. The van der Waals surface area contributed by atoms with Crippen molar-refractivity contribution in [3.05, 3.63) is 28.8 Å². The molecule has 0 aliphatic heterocycles. The molecule has 0 heterocycles. The van der Waals surface area contributed by atoms with Crippen LogP contribution in [0.2, 0.25) is 5.02 Å². The van der Waals surface area contributed by atoms with Crippen LogP contribution in [-0.4, -0.2) is 14.7 Å². The topological polar surface area (TPSA) is 72.2 Å². The highest BCUT2D eigenvalue weighted by Crippen LogP contribution is 2.25. The van der Waals surface area contributed by atoms with E-state index in [4.69, 9.17) is 17.3 Å². The molecule has 92 valence electrons. The summed E-state index contributed by atoms with van der Waals surface area (Å²) in [6.07, 6.45) is 1.07. The maximum Gasteiger partial charge on any atom is 0.229 e. The summed E-state index contributed by atoms with van der Waals surface area (Å²) in [5, 5.41) is 0.343. The van der Waals surface area contributed by atoms with Crippen molar-refractivity contribution in [2.45, 2.75) is 13.0 Å². The lowest BCUT2D eigenvalue weighted by Crippen LogP contribution is -2.10. The number of hydrogen-bond donors (Lipinski definition) is 2. The summed E-state index contributed by atoms with van der Waals surface area (Å²) in [5.41, 5.74) is 6.89. The molecule has 0 aromatic heterocycles. The smallest absolute Gasteiger partial charge is 0.229 e. The lowest BCUT2D eigenvalue weighted by Gasteiger charge is -2.10. The maximum absolute atomic E-state index is 11.0.